The molecule has 2 aliphatic heterocycles. The highest BCUT2D eigenvalue weighted by Gasteiger charge is 2.35. The van der Waals surface area contributed by atoms with E-state index in [9.17, 15) is 9.59 Å². The Morgan fingerprint density at radius 3 is 2.62 bits per heavy atom. The van der Waals surface area contributed by atoms with Gasteiger partial charge in [0.25, 0.3) is 0 Å². The van der Waals surface area contributed by atoms with Gasteiger partial charge in [-0.1, -0.05) is 19.1 Å². The number of benzene rings is 1. The Morgan fingerprint density at radius 1 is 1.25 bits per heavy atom. The maximum absolute atomic E-state index is 12.3. The Kier molecular flexibility index (Phi) is 5.48. The van der Waals surface area contributed by atoms with Crippen LogP contribution >= 0.6 is 0 Å². The van der Waals surface area contributed by atoms with Crippen molar-refractivity contribution in [3.05, 3.63) is 29.8 Å². The molecular formula is C18H24N2O4. The largest absolute Gasteiger partial charge is 0.356 e. The van der Waals surface area contributed by atoms with E-state index in [1.807, 2.05) is 24.3 Å². The van der Waals surface area contributed by atoms with Crippen LogP contribution in [0.5, 0.6) is 0 Å². The molecule has 0 spiro atoms. The van der Waals surface area contributed by atoms with E-state index in [1.54, 1.807) is 4.90 Å². The molecule has 1 N–H and O–H groups in total. The van der Waals surface area contributed by atoms with E-state index >= 15 is 0 Å². The molecule has 2 saturated heterocycles. The SMILES string of the molecule is CCc1ccc(N2C[C@H](C(=O)NCCC3OCCO3)CC2=O)cc1. The van der Waals surface area contributed by atoms with E-state index in [-0.39, 0.29) is 30.4 Å². The van der Waals surface area contributed by atoms with Gasteiger partial charge in [0.2, 0.25) is 11.8 Å². The number of anilines is 1. The minimum Gasteiger partial charge on any atom is -0.356 e. The van der Waals surface area contributed by atoms with Crippen LogP contribution < -0.4 is 10.2 Å². The minimum atomic E-state index is -0.297. The molecule has 1 aromatic carbocycles. The van der Waals surface area contributed by atoms with Crippen molar-refractivity contribution in [2.24, 2.45) is 5.92 Å². The fraction of sp³-hybridized carbons (Fsp3) is 0.556. The van der Waals surface area contributed by atoms with Crippen LogP contribution in [0.3, 0.4) is 0 Å². The van der Waals surface area contributed by atoms with Crippen molar-refractivity contribution >= 4 is 17.5 Å². The van der Waals surface area contributed by atoms with Gasteiger partial charge in [0, 0.05) is 31.6 Å². The summed E-state index contributed by atoms with van der Waals surface area (Å²) in [7, 11) is 0. The topological polar surface area (TPSA) is 67.9 Å². The van der Waals surface area contributed by atoms with Gasteiger partial charge in [-0.25, -0.2) is 0 Å². The monoisotopic (exact) mass is 332 g/mol. The Hall–Kier alpha value is -1.92. The molecule has 0 aliphatic carbocycles. The predicted molar refractivity (Wildman–Crippen MR) is 89.6 cm³/mol. The smallest absolute Gasteiger partial charge is 0.227 e. The average molecular weight is 332 g/mol. The van der Waals surface area contributed by atoms with Crippen LogP contribution in [-0.2, 0) is 25.5 Å². The average Bonchev–Trinajstić information content (AvgIpc) is 3.24. The molecule has 2 fully saturated rings. The van der Waals surface area contributed by atoms with Crippen molar-refractivity contribution in [1.29, 1.82) is 0 Å². The van der Waals surface area contributed by atoms with Crippen LogP contribution in [0.2, 0.25) is 0 Å². The number of hydrogen-bond donors (Lipinski definition) is 1. The molecule has 2 amide bonds. The summed E-state index contributed by atoms with van der Waals surface area (Å²) < 4.78 is 10.7. The van der Waals surface area contributed by atoms with E-state index in [0.717, 1.165) is 12.1 Å². The molecule has 0 saturated carbocycles. The first-order valence-corrected chi connectivity index (χ1v) is 8.57. The first-order chi connectivity index (χ1) is 11.7. The zero-order valence-electron chi connectivity index (χ0n) is 14.0. The maximum Gasteiger partial charge on any atom is 0.227 e. The first-order valence-electron chi connectivity index (χ1n) is 8.57. The molecule has 3 rings (SSSR count). The summed E-state index contributed by atoms with van der Waals surface area (Å²) in [4.78, 5) is 26.2. The second-order valence-electron chi connectivity index (χ2n) is 6.18. The Morgan fingerprint density at radius 2 is 1.96 bits per heavy atom. The molecule has 130 valence electrons. The summed E-state index contributed by atoms with van der Waals surface area (Å²) in [5.41, 5.74) is 2.09. The lowest BCUT2D eigenvalue weighted by Gasteiger charge is -2.17. The molecule has 0 radical (unpaired) electrons. The predicted octanol–water partition coefficient (Wildman–Crippen LogP) is 1.48. The highest BCUT2D eigenvalue weighted by Crippen LogP contribution is 2.25. The number of nitrogens with one attached hydrogen (secondary N) is 1. The highest BCUT2D eigenvalue weighted by molar-refractivity contribution is 6.00. The molecule has 0 bridgehead atoms. The number of amides is 2. The quantitative estimate of drug-likeness (QED) is 0.857. The minimum absolute atomic E-state index is 0.00172. The molecule has 2 heterocycles. The van der Waals surface area contributed by atoms with Crippen LogP contribution in [0.15, 0.2) is 24.3 Å². The highest BCUT2D eigenvalue weighted by atomic mass is 16.7. The second-order valence-corrected chi connectivity index (χ2v) is 6.18. The standard InChI is InChI=1S/C18H24N2O4/c1-2-13-3-5-15(6-4-13)20-12-14(11-16(20)21)18(22)19-8-7-17-23-9-10-24-17/h3-6,14,17H,2,7-12H2,1H3,(H,19,22)/t14-/m1/s1. The van der Waals surface area contributed by atoms with Gasteiger partial charge in [-0.3, -0.25) is 9.59 Å². The Balaban J connectivity index is 1.50. The van der Waals surface area contributed by atoms with Crippen molar-refractivity contribution in [1.82, 2.24) is 5.32 Å². The molecule has 1 atom stereocenters. The van der Waals surface area contributed by atoms with Gasteiger partial charge in [-0.15, -0.1) is 0 Å². The van der Waals surface area contributed by atoms with Gasteiger partial charge in [-0.05, 0) is 24.1 Å². The van der Waals surface area contributed by atoms with Gasteiger partial charge in [0.05, 0.1) is 19.1 Å². The third-order valence-corrected chi connectivity index (χ3v) is 4.52. The number of hydrogen-bond acceptors (Lipinski definition) is 4. The lowest BCUT2D eigenvalue weighted by Crippen LogP contribution is -2.34. The lowest BCUT2D eigenvalue weighted by atomic mass is 10.1. The van der Waals surface area contributed by atoms with Crippen molar-refractivity contribution in [3.63, 3.8) is 0 Å². The molecule has 6 heteroatoms. The van der Waals surface area contributed by atoms with Crippen LogP contribution in [-0.4, -0.2) is 44.4 Å². The third kappa shape index (κ3) is 3.94. The number of nitrogens with zero attached hydrogens (tertiary/aromatic N) is 1. The van der Waals surface area contributed by atoms with E-state index in [4.69, 9.17) is 9.47 Å². The van der Waals surface area contributed by atoms with Crippen molar-refractivity contribution in [2.75, 3.05) is 31.2 Å². The fourth-order valence-corrected chi connectivity index (χ4v) is 3.08. The molecule has 24 heavy (non-hydrogen) atoms. The van der Waals surface area contributed by atoms with Crippen molar-refractivity contribution in [3.8, 4) is 0 Å². The third-order valence-electron chi connectivity index (χ3n) is 4.52. The van der Waals surface area contributed by atoms with Crippen molar-refractivity contribution in [2.45, 2.75) is 32.5 Å². The van der Waals surface area contributed by atoms with Gasteiger partial charge in [0.1, 0.15) is 0 Å². The van der Waals surface area contributed by atoms with E-state index in [2.05, 4.69) is 12.2 Å². The van der Waals surface area contributed by atoms with E-state index in [1.165, 1.54) is 5.56 Å². The maximum atomic E-state index is 12.3. The molecule has 0 unspecified atom stereocenters. The molecule has 0 aromatic heterocycles. The summed E-state index contributed by atoms with van der Waals surface area (Å²) >= 11 is 0. The number of carbonyl (C=O) groups excluding carboxylic acids is 2. The first kappa shape index (κ1) is 16.9. The van der Waals surface area contributed by atoms with Crippen LogP contribution in [0, 0.1) is 5.92 Å². The van der Waals surface area contributed by atoms with Crippen LogP contribution in [0.1, 0.15) is 25.3 Å². The van der Waals surface area contributed by atoms with Crippen LogP contribution in [0.4, 0.5) is 5.69 Å². The summed E-state index contributed by atoms with van der Waals surface area (Å²) in [6.45, 7) is 4.26. The molecular weight excluding hydrogens is 308 g/mol. The lowest BCUT2D eigenvalue weighted by molar-refractivity contribution is -0.126. The van der Waals surface area contributed by atoms with Crippen LogP contribution in [0.25, 0.3) is 0 Å². The van der Waals surface area contributed by atoms with Gasteiger partial charge < -0.3 is 19.7 Å². The molecule has 6 nitrogen and oxygen atoms in total. The Labute approximate surface area is 142 Å². The van der Waals surface area contributed by atoms with Gasteiger partial charge in [0.15, 0.2) is 6.29 Å². The zero-order valence-corrected chi connectivity index (χ0v) is 14.0. The van der Waals surface area contributed by atoms with Gasteiger partial charge in [-0.2, -0.15) is 0 Å². The van der Waals surface area contributed by atoms with E-state index in [0.29, 0.717) is 32.7 Å². The second kappa shape index (κ2) is 7.77. The van der Waals surface area contributed by atoms with Crippen molar-refractivity contribution < 1.29 is 19.1 Å². The number of carbonyl (C=O) groups is 2. The number of aryl methyl sites for hydroxylation is 1. The number of ether oxygens (including phenoxy) is 2. The number of rotatable bonds is 6. The Bertz CT molecular complexity index is 581. The van der Waals surface area contributed by atoms with Gasteiger partial charge >= 0.3 is 0 Å². The summed E-state index contributed by atoms with van der Waals surface area (Å²) in [6.07, 6.45) is 1.64. The molecule has 1 aromatic rings. The zero-order chi connectivity index (χ0) is 16.9. The molecule has 2 aliphatic rings. The normalized spacial score (nSPS) is 21.5. The fourth-order valence-electron chi connectivity index (χ4n) is 3.08. The summed E-state index contributed by atoms with van der Waals surface area (Å²) in [5.74, 6) is -0.371. The summed E-state index contributed by atoms with van der Waals surface area (Å²) in [6, 6.07) is 7.95. The summed E-state index contributed by atoms with van der Waals surface area (Å²) in [5, 5.41) is 2.88. The van der Waals surface area contributed by atoms with E-state index < -0.39 is 0 Å².